The van der Waals surface area contributed by atoms with E-state index in [9.17, 15) is 35.1 Å². The zero-order valence-electron chi connectivity index (χ0n) is 20.9. The maximum absolute atomic E-state index is 14.9. The van der Waals surface area contributed by atoms with Crippen LogP contribution >= 0.6 is 0 Å². The van der Waals surface area contributed by atoms with E-state index in [-0.39, 0.29) is 23.3 Å². The van der Waals surface area contributed by atoms with Crippen LogP contribution in [0.3, 0.4) is 0 Å². The summed E-state index contributed by atoms with van der Waals surface area (Å²) in [5.41, 5.74) is -1.54. The second-order valence-corrected chi connectivity index (χ2v) is 10.7. The van der Waals surface area contributed by atoms with Crippen molar-refractivity contribution >= 4 is 6.08 Å². The van der Waals surface area contributed by atoms with Crippen molar-refractivity contribution in [2.24, 2.45) is 23.7 Å². The Morgan fingerprint density at radius 2 is 1.29 bits per heavy atom. The number of allylic oxidation sites excluding steroid dienone is 1. The monoisotopic (exact) mass is 546 g/mol. The van der Waals surface area contributed by atoms with E-state index < -0.39 is 47.0 Å². The fourth-order valence-corrected chi connectivity index (χ4v) is 5.79. The van der Waals surface area contributed by atoms with E-state index in [1.807, 2.05) is 0 Å². The summed E-state index contributed by atoms with van der Waals surface area (Å²) < 4.78 is 115. The largest absolute Gasteiger partial charge is 0.432 e. The van der Waals surface area contributed by atoms with E-state index in [0.717, 1.165) is 30.9 Å². The quantitative estimate of drug-likeness (QED) is 0.328. The molecule has 2 saturated carbocycles. The van der Waals surface area contributed by atoms with Crippen LogP contribution in [0.25, 0.3) is 17.2 Å². The Hall–Kier alpha value is -2.58. The van der Waals surface area contributed by atoms with E-state index in [1.54, 1.807) is 0 Å². The van der Waals surface area contributed by atoms with Crippen molar-refractivity contribution in [1.82, 2.24) is 0 Å². The van der Waals surface area contributed by atoms with Crippen molar-refractivity contribution in [1.29, 1.82) is 0 Å². The lowest BCUT2D eigenvalue weighted by atomic mass is 9.69. The third-order valence-corrected chi connectivity index (χ3v) is 8.00. The Labute approximate surface area is 216 Å². The summed E-state index contributed by atoms with van der Waals surface area (Å²) in [6.45, 7) is 2.24. The fraction of sp³-hybridized carbons (Fsp3) is 0.517. The van der Waals surface area contributed by atoms with Crippen LogP contribution < -0.4 is 4.74 Å². The van der Waals surface area contributed by atoms with Gasteiger partial charge in [0.05, 0.1) is 5.92 Å². The minimum atomic E-state index is -4.77. The molecule has 0 saturated heterocycles. The SMILES string of the molecule is CC1CCC(C2CCC(C(F)(F)Oc3ccc(-c4cc(F)c(/C=C/C(F)(F)F)c(F)c4)c(F)c3)CC2)CC1. The van der Waals surface area contributed by atoms with Gasteiger partial charge in [-0.05, 0) is 92.2 Å². The predicted octanol–water partition coefficient (Wildman–Crippen LogP) is 9.95. The van der Waals surface area contributed by atoms with Crippen LogP contribution in [0.4, 0.5) is 35.1 Å². The standard InChI is InChI=1S/C29H30F8O/c1-17-2-4-18(5-3-17)19-6-8-21(9-7-19)29(36,37)38-22-10-11-23(27(32)16-22)20-14-25(30)24(26(31)15-20)12-13-28(33,34)35/h10-19,21H,2-9H2,1H3/b13-12+. The van der Waals surface area contributed by atoms with Gasteiger partial charge < -0.3 is 4.74 Å². The molecule has 0 radical (unpaired) electrons. The van der Waals surface area contributed by atoms with Gasteiger partial charge in [-0.1, -0.05) is 19.8 Å². The second kappa shape index (κ2) is 11.3. The predicted molar refractivity (Wildman–Crippen MR) is 129 cm³/mol. The van der Waals surface area contributed by atoms with Gasteiger partial charge in [-0.2, -0.15) is 22.0 Å². The van der Waals surface area contributed by atoms with Crippen LogP contribution in [-0.4, -0.2) is 12.3 Å². The number of alkyl halides is 5. The molecule has 208 valence electrons. The highest BCUT2D eigenvalue weighted by atomic mass is 19.4. The fourth-order valence-electron chi connectivity index (χ4n) is 5.79. The highest BCUT2D eigenvalue weighted by Crippen LogP contribution is 2.45. The number of hydrogen-bond acceptors (Lipinski definition) is 1. The molecule has 0 heterocycles. The van der Waals surface area contributed by atoms with Crippen molar-refractivity contribution in [3.63, 3.8) is 0 Å². The third-order valence-electron chi connectivity index (χ3n) is 8.00. The lowest BCUT2D eigenvalue weighted by Crippen LogP contribution is -2.38. The van der Waals surface area contributed by atoms with Crippen LogP contribution in [0.1, 0.15) is 63.9 Å². The van der Waals surface area contributed by atoms with Crippen molar-refractivity contribution in [3.05, 3.63) is 59.4 Å². The van der Waals surface area contributed by atoms with Gasteiger partial charge in [0.25, 0.3) is 0 Å². The normalized spacial score (nSPS) is 25.1. The molecule has 38 heavy (non-hydrogen) atoms. The van der Waals surface area contributed by atoms with Crippen molar-refractivity contribution in [2.45, 2.75) is 70.6 Å². The molecule has 0 aliphatic heterocycles. The summed E-state index contributed by atoms with van der Waals surface area (Å²) >= 11 is 0. The highest BCUT2D eigenvalue weighted by molar-refractivity contribution is 5.68. The Balaban J connectivity index is 1.41. The Bertz CT molecular complexity index is 1120. The number of ether oxygens (including phenoxy) is 1. The summed E-state index contributed by atoms with van der Waals surface area (Å²) in [4.78, 5) is 0. The molecule has 1 nitrogen and oxygen atoms in total. The van der Waals surface area contributed by atoms with E-state index in [1.165, 1.54) is 12.8 Å². The molecule has 0 N–H and O–H groups in total. The molecule has 0 aromatic heterocycles. The number of benzene rings is 2. The van der Waals surface area contributed by atoms with E-state index in [4.69, 9.17) is 4.74 Å². The van der Waals surface area contributed by atoms with Gasteiger partial charge in [-0.25, -0.2) is 13.2 Å². The van der Waals surface area contributed by atoms with Gasteiger partial charge >= 0.3 is 12.3 Å². The average Bonchev–Trinajstić information content (AvgIpc) is 2.83. The first-order chi connectivity index (χ1) is 17.8. The van der Waals surface area contributed by atoms with E-state index in [2.05, 4.69) is 6.92 Å². The van der Waals surface area contributed by atoms with Gasteiger partial charge in [0.1, 0.15) is 23.2 Å². The third kappa shape index (κ3) is 6.89. The Morgan fingerprint density at radius 1 is 0.737 bits per heavy atom. The van der Waals surface area contributed by atoms with Crippen LogP contribution in [0, 0.1) is 41.1 Å². The van der Waals surface area contributed by atoms with Gasteiger partial charge in [-0.3, -0.25) is 0 Å². The summed E-state index contributed by atoms with van der Waals surface area (Å²) in [5, 5.41) is 0. The molecule has 0 unspecified atom stereocenters. The molecule has 2 aromatic rings. The molecule has 2 aliphatic carbocycles. The minimum Gasteiger partial charge on any atom is -0.432 e. The van der Waals surface area contributed by atoms with Crippen LogP contribution in [-0.2, 0) is 0 Å². The van der Waals surface area contributed by atoms with E-state index in [0.29, 0.717) is 55.7 Å². The molecule has 2 aliphatic rings. The molecule has 0 bridgehead atoms. The molecule has 9 heteroatoms. The van der Waals surface area contributed by atoms with Crippen molar-refractivity contribution in [2.75, 3.05) is 0 Å². The van der Waals surface area contributed by atoms with Crippen molar-refractivity contribution in [3.8, 4) is 16.9 Å². The number of rotatable bonds is 6. The Morgan fingerprint density at radius 3 is 1.82 bits per heavy atom. The first kappa shape index (κ1) is 28.4. The van der Waals surface area contributed by atoms with Gasteiger partial charge in [0.15, 0.2) is 0 Å². The lowest BCUT2D eigenvalue weighted by molar-refractivity contribution is -0.224. The van der Waals surface area contributed by atoms with Gasteiger partial charge in [0.2, 0.25) is 0 Å². The summed E-state index contributed by atoms with van der Waals surface area (Å²) in [7, 11) is 0. The molecule has 4 rings (SSSR count). The zero-order valence-corrected chi connectivity index (χ0v) is 20.9. The first-order valence-electron chi connectivity index (χ1n) is 12.9. The molecule has 2 aromatic carbocycles. The topological polar surface area (TPSA) is 9.23 Å². The van der Waals surface area contributed by atoms with Crippen LogP contribution in [0.15, 0.2) is 36.4 Å². The number of hydrogen-bond donors (Lipinski definition) is 0. The maximum atomic E-state index is 14.9. The molecule has 0 spiro atoms. The molecular formula is C29H30F8O. The minimum absolute atomic E-state index is 0.243. The van der Waals surface area contributed by atoms with Crippen LogP contribution in [0.5, 0.6) is 5.75 Å². The van der Waals surface area contributed by atoms with Gasteiger partial charge in [-0.15, -0.1) is 0 Å². The first-order valence-corrected chi connectivity index (χ1v) is 12.9. The molecule has 2 fully saturated rings. The Kier molecular flexibility index (Phi) is 8.43. The summed E-state index contributed by atoms with van der Waals surface area (Å²) in [6.07, 6.45) is -1.63. The molecule has 0 atom stereocenters. The van der Waals surface area contributed by atoms with Crippen LogP contribution in [0.2, 0.25) is 0 Å². The number of halogens is 8. The van der Waals surface area contributed by atoms with Crippen molar-refractivity contribution < 1.29 is 39.9 Å². The summed E-state index contributed by atoms with van der Waals surface area (Å²) in [6, 6.07) is 4.19. The zero-order chi connectivity index (χ0) is 27.7. The highest BCUT2D eigenvalue weighted by Gasteiger charge is 2.45. The summed E-state index contributed by atoms with van der Waals surface area (Å²) in [5.74, 6) is -3.38. The maximum Gasteiger partial charge on any atom is 0.409 e. The molecular weight excluding hydrogens is 516 g/mol. The molecule has 0 amide bonds. The van der Waals surface area contributed by atoms with E-state index >= 15 is 0 Å². The smallest absolute Gasteiger partial charge is 0.409 e. The lowest BCUT2D eigenvalue weighted by Gasteiger charge is -2.38. The van der Waals surface area contributed by atoms with Gasteiger partial charge in [0, 0.05) is 23.3 Å². The second-order valence-electron chi connectivity index (χ2n) is 10.7. The average molecular weight is 547 g/mol.